The number of aromatic nitrogens is 2. The van der Waals surface area contributed by atoms with Gasteiger partial charge >= 0.3 is 0 Å². The molecule has 102 valence electrons. The Morgan fingerprint density at radius 3 is 2.55 bits per heavy atom. The molecule has 6 heteroatoms. The van der Waals surface area contributed by atoms with Gasteiger partial charge in [-0.2, -0.15) is 5.10 Å². The number of ether oxygens (including phenoxy) is 1. The number of hydrogen-bond donors (Lipinski definition) is 1. The molecule has 20 heavy (non-hydrogen) atoms. The minimum Gasteiger partial charge on any atom is -0.497 e. The Morgan fingerprint density at radius 1 is 1.20 bits per heavy atom. The molecule has 0 fully saturated rings. The molecule has 4 nitrogen and oxygen atoms in total. The highest BCUT2D eigenvalue weighted by atomic mass is 35.5. The first-order chi connectivity index (χ1) is 9.67. The van der Waals surface area contributed by atoms with Gasteiger partial charge in [0.1, 0.15) is 11.4 Å². The van der Waals surface area contributed by atoms with E-state index in [0.29, 0.717) is 5.69 Å². The van der Waals surface area contributed by atoms with Crippen LogP contribution in [0.4, 0.5) is 5.69 Å². The SMILES string of the molecule is COc1ccc(-n2cc(N)c(-c3ccc(Cl)s3)n2)cc1. The number of nitrogen functional groups attached to an aromatic ring is 1. The third-order valence-electron chi connectivity index (χ3n) is 2.89. The lowest BCUT2D eigenvalue weighted by atomic mass is 10.3. The summed E-state index contributed by atoms with van der Waals surface area (Å²) in [5.74, 6) is 0.805. The van der Waals surface area contributed by atoms with E-state index in [1.807, 2.05) is 36.4 Å². The first-order valence-corrected chi connectivity index (χ1v) is 7.12. The van der Waals surface area contributed by atoms with E-state index in [4.69, 9.17) is 22.1 Å². The Kier molecular flexibility index (Phi) is 3.38. The van der Waals surface area contributed by atoms with Crippen molar-refractivity contribution < 1.29 is 4.74 Å². The minimum absolute atomic E-state index is 0.624. The molecular formula is C14H12ClN3OS. The van der Waals surface area contributed by atoms with Crippen molar-refractivity contribution in [3.05, 3.63) is 46.9 Å². The predicted octanol–water partition coefficient (Wildman–Crippen LogP) is 3.85. The van der Waals surface area contributed by atoms with Gasteiger partial charge in [0.15, 0.2) is 0 Å². The third kappa shape index (κ3) is 2.37. The van der Waals surface area contributed by atoms with Crippen LogP contribution in [0.3, 0.4) is 0 Å². The second kappa shape index (κ2) is 5.19. The van der Waals surface area contributed by atoms with Crippen molar-refractivity contribution in [1.82, 2.24) is 9.78 Å². The average molecular weight is 306 g/mol. The normalized spacial score (nSPS) is 10.7. The second-order valence-corrected chi connectivity index (χ2v) is 5.89. The van der Waals surface area contributed by atoms with Crippen LogP contribution in [0.1, 0.15) is 0 Å². The maximum Gasteiger partial charge on any atom is 0.126 e. The number of thiophene rings is 1. The fraction of sp³-hybridized carbons (Fsp3) is 0.0714. The maximum absolute atomic E-state index is 6.03. The molecule has 0 aliphatic rings. The zero-order chi connectivity index (χ0) is 14.1. The third-order valence-corrected chi connectivity index (χ3v) is 4.12. The number of halogens is 1. The van der Waals surface area contributed by atoms with Gasteiger partial charge in [0.05, 0.1) is 33.9 Å². The molecule has 0 saturated heterocycles. The van der Waals surface area contributed by atoms with Gasteiger partial charge in [0, 0.05) is 0 Å². The number of hydrogen-bond acceptors (Lipinski definition) is 4. The highest BCUT2D eigenvalue weighted by molar-refractivity contribution is 7.19. The molecule has 0 amide bonds. The fourth-order valence-electron chi connectivity index (χ4n) is 1.89. The molecule has 3 aromatic rings. The van der Waals surface area contributed by atoms with Gasteiger partial charge in [0.25, 0.3) is 0 Å². The monoisotopic (exact) mass is 305 g/mol. The fourth-order valence-corrected chi connectivity index (χ4v) is 2.94. The first-order valence-electron chi connectivity index (χ1n) is 5.92. The zero-order valence-corrected chi connectivity index (χ0v) is 12.3. The maximum atomic E-state index is 6.03. The van der Waals surface area contributed by atoms with Gasteiger partial charge in [-0.25, -0.2) is 4.68 Å². The Hall–Kier alpha value is -1.98. The quantitative estimate of drug-likeness (QED) is 0.799. The zero-order valence-electron chi connectivity index (χ0n) is 10.7. The Morgan fingerprint density at radius 2 is 1.95 bits per heavy atom. The Balaban J connectivity index is 1.99. The predicted molar refractivity (Wildman–Crippen MR) is 82.9 cm³/mol. The lowest BCUT2D eigenvalue weighted by molar-refractivity contribution is 0.414. The largest absolute Gasteiger partial charge is 0.497 e. The summed E-state index contributed by atoms with van der Waals surface area (Å²) < 4.78 is 7.61. The summed E-state index contributed by atoms with van der Waals surface area (Å²) in [7, 11) is 1.64. The van der Waals surface area contributed by atoms with Crippen molar-refractivity contribution in [2.75, 3.05) is 12.8 Å². The van der Waals surface area contributed by atoms with Crippen molar-refractivity contribution in [1.29, 1.82) is 0 Å². The Labute approximate surface area is 125 Å². The van der Waals surface area contributed by atoms with E-state index in [1.165, 1.54) is 11.3 Å². The smallest absolute Gasteiger partial charge is 0.126 e. The van der Waals surface area contributed by atoms with Crippen LogP contribution in [-0.4, -0.2) is 16.9 Å². The summed E-state index contributed by atoms with van der Waals surface area (Å²) >= 11 is 7.41. The average Bonchev–Trinajstić information content (AvgIpc) is 3.05. The summed E-state index contributed by atoms with van der Waals surface area (Å²) in [6, 6.07) is 11.4. The summed E-state index contributed by atoms with van der Waals surface area (Å²) in [6.07, 6.45) is 1.80. The molecule has 3 rings (SSSR count). The van der Waals surface area contributed by atoms with E-state index in [-0.39, 0.29) is 0 Å². The number of anilines is 1. The van der Waals surface area contributed by atoms with Crippen molar-refractivity contribution in [2.24, 2.45) is 0 Å². The number of nitrogens with zero attached hydrogens (tertiary/aromatic N) is 2. The van der Waals surface area contributed by atoms with Crippen molar-refractivity contribution in [3.8, 4) is 22.0 Å². The molecule has 0 atom stereocenters. The molecule has 2 N–H and O–H groups in total. The van der Waals surface area contributed by atoms with Gasteiger partial charge < -0.3 is 10.5 Å². The first kappa shape index (κ1) is 13.0. The van der Waals surface area contributed by atoms with Gasteiger partial charge in [-0.1, -0.05) is 11.6 Å². The van der Waals surface area contributed by atoms with Gasteiger partial charge in [-0.3, -0.25) is 0 Å². The van der Waals surface area contributed by atoms with Gasteiger partial charge in [0.2, 0.25) is 0 Å². The van der Waals surface area contributed by atoms with Crippen LogP contribution in [-0.2, 0) is 0 Å². The number of methoxy groups -OCH3 is 1. The van der Waals surface area contributed by atoms with E-state index in [9.17, 15) is 0 Å². The number of nitrogens with two attached hydrogens (primary N) is 1. The molecule has 0 spiro atoms. The number of rotatable bonds is 3. The summed E-state index contributed by atoms with van der Waals surface area (Å²) in [5, 5.41) is 4.52. The molecule has 2 aromatic heterocycles. The van der Waals surface area contributed by atoms with Gasteiger partial charge in [-0.05, 0) is 36.4 Å². The van der Waals surface area contributed by atoms with Crippen molar-refractivity contribution in [2.45, 2.75) is 0 Å². The molecule has 0 radical (unpaired) electrons. The van der Waals surface area contributed by atoms with Crippen LogP contribution in [0, 0.1) is 0 Å². The van der Waals surface area contributed by atoms with Crippen LogP contribution in [0.25, 0.3) is 16.3 Å². The minimum atomic E-state index is 0.624. The Bertz CT molecular complexity index is 733. The van der Waals surface area contributed by atoms with Crippen LogP contribution >= 0.6 is 22.9 Å². The molecule has 2 heterocycles. The molecule has 0 saturated carbocycles. The molecular weight excluding hydrogens is 294 g/mol. The van der Waals surface area contributed by atoms with Crippen molar-refractivity contribution >= 4 is 28.6 Å². The van der Waals surface area contributed by atoms with Gasteiger partial charge in [-0.15, -0.1) is 11.3 Å². The van der Waals surface area contributed by atoms with Crippen LogP contribution in [0.2, 0.25) is 4.34 Å². The molecule has 1 aromatic carbocycles. The topological polar surface area (TPSA) is 53.1 Å². The molecule has 0 aliphatic carbocycles. The summed E-state index contributed by atoms with van der Waals surface area (Å²) in [4.78, 5) is 0.958. The van der Waals surface area contributed by atoms with E-state index in [2.05, 4.69) is 5.10 Å². The van der Waals surface area contributed by atoms with Crippen molar-refractivity contribution in [3.63, 3.8) is 0 Å². The van der Waals surface area contributed by atoms with E-state index < -0.39 is 0 Å². The van der Waals surface area contributed by atoms with E-state index in [0.717, 1.165) is 26.3 Å². The van der Waals surface area contributed by atoms with Crippen LogP contribution < -0.4 is 10.5 Å². The summed E-state index contributed by atoms with van der Waals surface area (Å²) in [5.41, 5.74) is 8.33. The van der Waals surface area contributed by atoms with Crippen LogP contribution in [0.5, 0.6) is 5.75 Å². The van der Waals surface area contributed by atoms with E-state index in [1.54, 1.807) is 18.0 Å². The number of benzene rings is 1. The molecule has 0 aliphatic heterocycles. The summed E-state index contributed by atoms with van der Waals surface area (Å²) in [6.45, 7) is 0. The highest BCUT2D eigenvalue weighted by Gasteiger charge is 2.11. The second-order valence-electron chi connectivity index (χ2n) is 4.18. The lowest BCUT2D eigenvalue weighted by Gasteiger charge is -2.02. The van der Waals surface area contributed by atoms with E-state index >= 15 is 0 Å². The standard InChI is InChI=1S/C14H12ClN3OS/c1-19-10-4-2-9(3-5-10)18-8-11(16)14(17-18)12-6-7-13(15)20-12/h2-8H,16H2,1H3. The molecule has 0 bridgehead atoms. The van der Waals surface area contributed by atoms with Crippen LogP contribution in [0.15, 0.2) is 42.6 Å². The highest BCUT2D eigenvalue weighted by Crippen LogP contribution is 2.33. The molecule has 0 unspecified atom stereocenters. The lowest BCUT2D eigenvalue weighted by Crippen LogP contribution is -1.94.